The summed E-state index contributed by atoms with van der Waals surface area (Å²) in [5, 5.41) is 11.8. The van der Waals surface area contributed by atoms with Gasteiger partial charge in [0.2, 0.25) is 0 Å². The van der Waals surface area contributed by atoms with Gasteiger partial charge in [-0.05, 0) is 38.6 Å². The van der Waals surface area contributed by atoms with Gasteiger partial charge in [-0.15, -0.1) is 24.8 Å². The van der Waals surface area contributed by atoms with E-state index in [9.17, 15) is 9.90 Å². The lowest BCUT2D eigenvalue weighted by Crippen LogP contribution is -2.35. The number of hydrogen-bond donors (Lipinski definition) is 2. The molecule has 1 saturated carbocycles. The highest BCUT2D eigenvalue weighted by molar-refractivity contribution is 6.26. The summed E-state index contributed by atoms with van der Waals surface area (Å²) in [5.41, 5.74) is 0.306. The summed E-state index contributed by atoms with van der Waals surface area (Å²) in [6, 6.07) is 0. The van der Waals surface area contributed by atoms with Crippen LogP contribution >= 0.6 is 24.8 Å². The smallest absolute Gasteiger partial charge is 0.300 e. The van der Waals surface area contributed by atoms with Gasteiger partial charge in [0, 0.05) is 10.9 Å². The Morgan fingerprint density at radius 1 is 1.19 bits per heavy atom. The number of aliphatic carboxylic acids is 1. The van der Waals surface area contributed by atoms with E-state index in [0.717, 1.165) is 19.4 Å². The van der Waals surface area contributed by atoms with Gasteiger partial charge in [0.1, 0.15) is 0 Å². The van der Waals surface area contributed by atoms with E-state index < -0.39 is 11.3 Å². The van der Waals surface area contributed by atoms with E-state index in [1.165, 1.54) is 32.1 Å². The van der Waals surface area contributed by atoms with Crippen LogP contribution in [-0.4, -0.2) is 31.0 Å². The molecule has 0 bridgehead atoms. The van der Waals surface area contributed by atoms with E-state index >= 15 is 0 Å². The van der Waals surface area contributed by atoms with Crippen molar-refractivity contribution in [2.24, 2.45) is 0 Å². The Hall–Kier alpha value is 0.0749. The van der Waals surface area contributed by atoms with Gasteiger partial charge in [0.15, 0.2) is 0 Å². The maximum absolute atomic E-state index is 11.3. The standard InChI is InChI=1S/C15H28BNO2.2ClH/c1-3-5-7-14(9-10-14)17-12-11-15(16,13(18)19)8-6-4-2;;/h17H,3-12H2,1-2H3,(H,18,19);2*1H. The molecule has 6 heteroatoms. The fraction of sp³-hybridized carbons (Fsp3) is 0.933. The average Bonchev–Trinajstić information content (AvgIpc) is 3.14. The number of carbonyl (C=O) groups is 1. The maximum Gasteiger partial charge on any atom is 0.300 e. The minimum Gasteiger partial charge on any atom is -0.481 e. The van der Waals surface area contributed by atoms with Crippen LogP contribution in [0.25, 0.3) is 0 Å². The second-order valence-corrected chi connectivity index (χ2v) is 6.13. The van der Waals surface area contributed by atoms with E-state index in [1.807, 2.05) is 0 Å². The lowest BCUT2D eigenvalue weighted by Gasteiger charge is -2.27. The van der Waals surface area contributed by atoms with Crippen LogP contribution in [0.5, 0.6) is 0 Å². The van der Waals surface area contributed by atoms with Crippen LogP contribution in [0.15, 0.2) is 0 Å². The Balaban J connectivity index is 0. The van der Waals surface area contributed by atoms with E-state index in [0.29, 0.717) is 18.4 Å². The zero-order chi connectivity index (χ0) is 14.4. The molecule has 3 nitrogen and oxygen atoms in total. The molecule has 1 rings (SSSR count). The Morgan fingerprint density at radius 3 is 2.19 bits per heavy atom. The first-order valence-electron chi connectivity index (χ1n) is 7.75. The van der Waals surface area contributed by atoms with Crippen molar-refractivity contribution in [1.29, 1.82) is 0 Å². The van der Waals surface area contributed by atoms with Gasteiger partial charge in [-0.2, -0.15) is 0 Å². The van der Waals surface area contributed by atoms with Crippen LogP contribution < -0.4 is 5.32 Å². The van der Waals surface area contributed by atoms with Gasteiger partial charge in [-0.3, -0.25) is 4.79 Å². The van der Waals surface area contributed by atoms with Crippen LogP contribution in [0.4, 0.5) is 0 Å². The second-order valence-electron chi connectivity index (χ2n) is 6.13. The Bertz CT molecular complexity index is 301. The molecular weight excluding hydrogens is 308 g/mol. The maximum atomic E-state index is 11.3. The molecule has 21 heavy (non-hydrogen) atoms. The monoisotopic (exact) mass is 337 g/mol. The van der Waals surface area contributed by atoms with E-state index in [1.54, 1.807) is 0 Å². The van der Waals surface area contributed by atoms with Crippen LogP contribution in [0.1, 0.15) is 71.6 Å². The molecule has 1 atom stereocenters. The van der Waals surface area contributed by atoms with Crippen LogP contribution in [0.2, 0.25) is 5.31 Å². The number of nitrogens with one attached hydrogen (secondary N) is 1. The van der Waals surface area contributed by atoms with Crippen molar-refractivity contribution in [3.8, 4) is 0 Å². The molecular formula is C15H30BCl2NO2. The topological polar surface area (TPSA) is 49.3 Å². The van der Waals surface area contributed by atoms with Crippen molar-refractivity contribution < 1.29 is 9.90 Å². The Labute approximate surface area is 143 Å². The summed E-state index contributed by atoms with van der Waals surface area (Å²) in [5.74, 6) is -0.860. The van der Waals surface area contributed by atoms with E-state index in [-0.39, 0.29) is 24.8 Å². The highest BCUT2D eigenvalue weighted by Gasteiger charge is 2.41. The summed E-state index contributed by atoms with van der Waals surface area (Å²) >= 11 is 0. The molecule has 0 aromatic carbocycles. The van der Waals surface area contributed by atoms with E-state index in [4.69, 9.17) is 7.85 Å². The second kappa shape index (κ2) is 10.7. The van der Waals surface area contributed by atoms with Crippen LogP contribution in [0, 0.1) is 0 Å². The third kappa shape index (κ3) is 7.76. The van der Waals surface area contributed by atoms with Crippen molar-refractivity contribution in [2.75, 3.05) is 6.54 Å². The highest BCUT2D eigenvalue weighted by Crippen LogP contribution is 2.41. The van der Waals surface area contributed by atoms with Crippen molar-refractivity contribution in [1.82, 2.24) is 5.32 Å². The molecule has 0 spiro atoms. The molecule has 0 aromatic heterocycles. The largest absolute Gasteiger partial charge is 0.481 e. The first-order chi connectivity index (χ1) is 8.98. The molecule has 0 aromatic rings. The molecule has 0 amide bonds. The first-order valence-corrected chi connectivity index (χ1v) is 7.75. The van der Waals surface area contributed by atoms with Gasteiger partial charge in [-0.1, -0.05) is 39.5 Å². The number of hydrogen-bond acceptors (Lipinski definition) is 2. The quantitative estimate of drug-likeness (QED) is 0.557. The van der Waals surface area contributed by atoms with Crippen LogP contribution in [-0.2, 0) is 4.79 Å². The van der Waals surface area contributed by atoms with Crippen LogP contribution in [0.3, 0.4) is 0 Å². The predicted octanol–water partition coefficient (Wildman–Crippen LogP) is 4.13. The molecule has 124 valence electrons. The fourth-order valence-electron chi connectivity index (χ4n) is 2.56. The molecule has 2 radical (unpaired) electrons. The average molecular weight is 338 g/mol. The molecule has 0 heterocycles. The van der Waals surface area contributed by atoms with Crippen molar-refractivity contribution in [2.45, 2.75) is 82.5 Å². The number of carboxylic acids is 1. The Kier molecular flexibility index (Phi) is 11.9. The molecule has 1 fully saturated rings. The molecule has 1 aliphatic rings. The van der Waals surface area contributed by atoms with E-state index in [2.05, 4.69) is 19.2 Å². The minimum atomic E-state index is -1.05. The summed E-state index contributed by atoms with van der Waals surface area (Å²) in [6.07, 6.45) is 9.09. The Morgan fingerprint density at radius 2 is 1.76 bits per heavy atom. The van der Waals surface area contributed by atoms with Crippen molar-refractivity contribution >= 4 is 38.6 Å². The number of unbranched alkanes of at least 4 members (excludes halogenated alkanes) is 2. The zero-order valence-electron chi connectivity index (χ0n) is 13.3. The number of halogens is 2. The number of rotatable bonds is 11. The minimum absolute atomic E-state index is 0. The molecule has 1 unspecified atom stereocenters. The predicted molar refractivity (Wildman–Crippen MR) is 94.2 cm³/mol. The highest BCUT2D eigenvalue weighted by atomic mass is 35.5. The van der Waals surface area contributed by atoms with Gasteiger partial charge >= 0.3 is 5.97 Å². The SMILES string of the molecule is Cl.Cl.[B]C(CCCC)(CCNC1(CCCC)CC1)C(=O)O. The lowest BCUT2D eigenvalue weighted by molar-refractivity contribution is -0.141. The molecule has 2 N–H and O–H groups in total. The normalized spacial score (nSPS) is 18.0. The summed E-state index contributed by atoms with van der Waals surface area (Å²) < 4.78 is 0. The summed E-state index contributed by atoms with van der Waals surface area (Å²) in [6.45, 7) is 4.98. The first kappa shape index (κ1) is 23.3. The fourth-order valence-corrected chi connectivity index (χ4v) is 2.56. The lowest BCUT2D eigenvalue weighted by atomic mass is 9.63. The van der Waals surface area contributed by atoms with Gasteiger partial charge in [0.25, 0.3) is 0 Å². The van der Waals surface area contributed by atoms with Gasteiger partial charge in [0.05, 0.1) is 7.85 Å². The van der Waals surface area contributed by atoms with Gasteiger partial charge in [-0.25, -0.2) is 0 Å². The zero-order valence-corrected chi connectivity index (χ0v) is 15.0. The number of carboxylic acid groups (broad SMARTS) is 1. The van der Waals surface area contributed by atoms with Gasteiger partial charge < -0.3 is 10.4 Å². The third-order valence-electron chi connectivity index (χ3n) is 4.34. The summed E-state index contributed by atoms with van der Waals surface area (Å²) in [4.78, 5) is 11.3. The molecule has 0 aliphatic heterocycles. The molecule has 1 aliphatic carbocycles. The molecule has 0 saturated heterocycles. The third-order valence-corrected chi connectivity index (χ3v) is 4.34. The van der Waals surface area contributed by atoms with Crippen molar-refractivity contribution in [3.63, 3.8) is 0 Å². The summed E-state index contributed by atoms with van der Waals surface area (Å²) in [7, 11) is 6.04. The van der Waals surface area contributed by atoms with Crippen molar-refractivity contribution in [3.05, 3.63) is 0 Å².